The van der Waals surface area contributed by atoms with Gasteiger partial charge in [-0.05, 0) is 12.5 Å². The molecule has 0 spiro atoms. The summed E-state index contributed by atoms with van der Waals surface area (Å²) in [6, 6.07) is 0. The van der Waals surface area contributed by atoms with Crippen molar-refractivity contribution in [2.45, 2.75) is 19.4 Å². The van der Waals surface area contributed by atoms with E-state index in [0.717, 1.165) is 5.57 Å². The number of hydrogen-bond donors (Lipinski definition) is 1. The summed E-state index contributed by atoms with van der Waals surface area (Å²) in [5.74, 6) is -0.909. The van der Waals surface area contributed by atoms with Crippen molar-refractivity contribution in [1.82, 2.24) is 0 Å². The number of carbonyl (C=O) groups is 1. The normalized spacial score (nSPS) is 22.3. The molecule has 0 aromatic carbocycles. The number of carboxylic acid groups (broad SMARTS) is 1. The fourth-order valence-electron chi connectivity index (χ4n) is 0.888. The Morgan fingerprint density at radius 3 is 2.82 bits per heavy atom. The molecular formula is C8H10O3. The first-order valence-electron chi connectivity index (χ1n) is 3.34. The molecule has 0 fully saturated rings. The molecule has 60 valence electrons. The van der Waals surface area contributed by atoms with Crippen molar-refractivity contribution in [3.8, 4) is 0 Å². The lowest BCUT2D eigenvalue weighted by Crippen LogP contribution is -2.07. The molecule has 1 aliphatic heterocycles. The highest BCUT2D eigenvalue weighted by Gasteiger charge is 2.22. The van der Waals surface area contributed by atoms with Crippen LogP contribution in [-0.2, 0) is 9.53 Å². The lowest BCUT2D eigenvalue weighted by Gasteiger charge is -2.07. The van der Waals surface area contributed by atoms with Crippen LogP contribution in [0.15, 0.2) is 24.0 Å². The zero-order valence-electron chi connectivity index (χ0n) is 6.33. The van der Waals surface area contributed by atoms with Gasteiger partial charge in [-0.1, -0.05) is 6.58 Å². The minimum atomic E-state index is -0.909. The van der Waals surface area contributed by atoms with E-state index in [1.54, 1.807) is 0 Å². The molecule has 1 rings (SSSR count). The molecule has 0 radical (unpaired) electrons. The van der Waals surface area contributed by atoms with Crippen molar-refractivity contribution in [3.05, 3.63) is 24.0 Å². The van der Waals surface area contributed by atoms with Crippen LogP contribution in [0.1, 0.15) is 13.3 Å². The van der Waals surface area contributed by atoms with Gasteiger partial charge in [-0.2, -0.15) is 0 Å². The number of aliphatic carboxylic acids is 1. The molecule has 0 bridgehead atoms. The largest absolute Gasteiger partial charge is 0.493 e. The van der Waals surface area contributed by atoms with Crippen LogP contribution >= 0.6 is 0 Å². The molecule has 3 heteroatoms. The van der Waals surface area contributed by atoms with Gasteiger partial charge in [-0.3, -0.25) is 0 Å². The SMILES string of the molecule is C=C(C)[C@H]1CC(C(=O)O)=CO1. The van der Waals surface area contributed by atoms with Gasteiger partial charge >= 0.3 is 5.97 Å². The predicted octanol–water partition coefficient (Wildman–Crippen LogP) is 1.32. The Morgan fingerprint density at radius 2 is 2.55 bits per heavy atom. The summed E-state index contributed by atoms with van der Waals surface area (Å²) in [5, 5.41) is 8.53. The Bertz CT molecular complexity index is 227. The van der Waals surface area contributed by atoms with E-state index in [4.69, 9.17) is 9.84 Å². The summed E-state index contributed by atoms with van der Waals surface area (Å²) in [7, 11) is 0. The lowest BCUT2D eigenvalue weighted by atomic mass is 10.1. The fourth-order valence-corrected chi connectivity index (χ4v) is 0.888. The topological polar surface area (TPSA) is 46.5 Å². The summed E-state index contributed by atoms with van der Waals surface area (Å²) >= 11 is 0. The van der Waals surface area contributed by atoms with E-state index in [1.165, 1.54) is 6.26 Å². The first kappa shape index (κ1) is 7.85. The summed E-state index contributed by atoms with van der Waals surface area (Å²) in [6.45, 7) is 5.50. The van der Waals surface area contributed by atoms with Crippen LogP contribution < -0.4 is 0 Å². The van der Waals surface area contributed by atoms with E-state index in [2.05, 4.69) is 6.58 Å². The Kier molecular flexibility index (Phi) is 1.98. The van der Waals surface area contributed by atoms with Crippen LogP contribution in [-0.4, -0.2) is 17.2 Å². The number of ether oxygens (including phenoxy) is 1. The molecule has 0 amide bonds. The van der Waals surface area contributed by atoms with Crippen molar-refractivity contribution in [3.63, 3.8) is 0 Å². The third-order valence-electron chi connectivity index (χ3n) is 1.60. The van der Waals surface area contributed by atoms with Gasteiger partial charge in [0.25, 0.3) is 0 Å². The third kappa shape index (κ3) is 1.61. The Morgan fingerprint density at radius 1 is 1.91 bits per heavy atom. The molecule has 0 unspecified atom stereocenters. The van der Waals surface area contributed by atoms with E-state index in [-0.39, 0.29) is 6.10 Å². The maximum Gasteiger partial charge on any atom is 0.334 e. The lowest BCUT2D eigenvalue weighted by molar-refractivity contribution is -0.132. The first-order chi connectivity index (χ1) is 5.11. The molecule has 1 atom stereocenters. The predicted molar refractivity (Wildman–Crippen MR) is 40.0 cm³/mol. The molecule has 0 aliphatic carbocycles. The summed E-state index contributed by atoms with van der Waals surface area (Å²) in [4.78, 5) is 10.4. The minimum Gasteiger partial charge on any atom is -0.493 e. The number of rotatable bonds is 2. The van der Waals surface area contributed by atoms with Crippen molar-refractivity contribution in [2.24, 2.45) is 0 Å². The smallest absolute Gasteiger partial charge is 0.334 e. The zero-order chi connectivity index (χ0) is 8.43. The van der Waals surface area contributed by atoms with Gasteiger partial charge in [-0.25, -0.2) is 4.79 Å². The molecule has 3 nitrogen and oxygen atoms in total. The number of hydrogen-bond acceptors (Lipinski definition) is 2. The van der Waals surface area contributed by atoms with E-state index in [9.17, 15) is 4.79 Å². The maximum absolute atomic E-state index is 10.4. The molecule has 0 aromatic heterocycles. The van der Waals surface area contributed by atoms with Gasteiger partial charge in [0, 0.05) is 6.42 Å². The average molecular weight is 154 g/mol. The van der Waals surface area contributed by atoms with Gasteiger partial charge in [0.05, 0.1) is 11.8 Å². The molecule has 0 saturated carbocycles. The quantitative estimate of drug-likeness (QED) is 0.610. The fraction of sp³-hybridized carbons (Fsp3) is 0.375. The molecule has 0 aromatic rings. The Balaban J connectivity index is 2.56. The second-order valence-corrected chi connectivity index (χ2v) is 2.62. The first-order valence-corrected chi connectivity index (χ1v) is 3.34. The highest BCUT2D eigenvalue weighted by Crippen LogP contribution is 2.22. The van der Waals surface area contributed by atoms with Crippen molar-refractivity contribution >= 4 is 5.97 Å². The monoisotopic (exact) mass is 154 g/mol. The second-order valence-electron chi connectivity index (χ2n) is 2.62. The maximum atomic E-state index is 10.4. The van der Waals surface area contributed by atoms with Crippen LogP contribution in [0, 0.1) is 0 Å². The van der Waals surface area contributed by atoms with Crippen LogP contribution in [0.25, 0.3) is 0 Å². The van der Waals surface area contributed by atoms with Crippen LogP contribution in [0.3, 0.4) is 0 Å². The zero-order valence-corrected chi connectivity index (χ0v) is 6.33. The Hall–Kier alpha value is -1.25. The minimum absolute atomic E-state index is 0.138. The molecule has 11 heavy (non-hydrogen) atoms. The van der Waals surface area contributed by atoms with Gasteiger partial charge in [0.2, 0.25) is 0 Å². The van der Waals surface area contributed by atoms with Crippen LogP contribution in [0.2, 0.25) is 0 Å². The molecule has 1 N–H and O–H groups in total. The molecule has 1 aliphatic rings. The molecular weight excluding hydrogens is 144 g/mol. The molecule has 1 heterocycles. The van der Waals surface area contributed by atoms with Crippen molar-refractivity contribution in [1.29, 1.82) is 0 Å². The van der Waals surface area contributed by atoms with Gasteiger partial charge in [-0.15, -0.1) is 0 Å². The van der Waals surface area contributed by atoms with Crippen LogP contribution in [0.5, 0.6) is 0 Å². The summed E-state index contributed by atoms with van der Waals surface area (Å²) in [6.07, 6.45) is 1.59. The third-order valence-corrected chi connectivity index (χ3v) is 1.60. The Labute approximate surface area is 65.0 Å². The van der Waals surface area contributed by atoms with Gasteiger partial charge in [0.1, 0.15) is 6.10 Å². The standard InChI is InChI=1S/C8H10O3/c1-5(2)7-3-6(4-11-7)8(9)10/h4,7H,1,3H2,2H3,(H,9,10)/t7-/m1/s1. The van der Waals surface area contributed by atoms with E-state index >= 15 is 0 Å². The highest BCUT2D eigenvalue weighted by molar-refractivity contribution is 5.86. The van der Waals surface area contributed by atoms with Crippen molar-refractivity contribution in [2.75, 3.05) is 0 Å². The second kappa shape index (κ2) is 2.78. The van der Waals surface area contributed by atoms with Gasteiger partial charge in [0.15, 0.2) is 0 Å². The summed E-state index contributed by atoms with van der Waals surface area (Å²) in [5.41, 5.74) is 1.18. The van der Waals surface area contributed by atoms with E-state index < -0.39 is 5.97 Å². The average Bonchev–Trinajstić information content (AvgIpc) is 2.33. The van der Waals surface area contributed by atoms with Crippen molar-refractivity contribution < 1.29 is 14.6 Å². The molecule has 0 saturated heterocycles. The number of carboxylic acids is 1. The van der Waals surface area contributed by atoms with E-state index in [0.29, 0.717) is 12.0 Å². The van der Waals surface area contributed by atoms with E-state index in [1.807, 2.05) is 6.92 Å². The highest BCUT2D eigenvalue weighted by atomic mass is 16.5. The summed E-state index contributed by atoms with van der Waals surface area (Å²) < 4.78 is 5.05. The van der Waals surface area contributed by atoms with Crippen LogP contribution in [0.4, 0.5) is 0 Å². The van der Waals surface area contributed by atoms with Gasteiger partial charge < -0.3 is 9.84 Å².